The monoisotopic (exact) mass is 461 g/mol. The number of nitrogens with zero attached hydrogens (tertiary/aromatic N) is 1. The second-order valence-corrected chi connectivity index (χ2v) is 9.66. The summed E-state index contributed by atoms with van der Waals surface area (Å²) in [4.78, 5) is 52.7. The van der Waals surface area contributed by atoms with E-state index in [1.165, 1.54) is 17.0 Å². The molecule has 3 fully saturated rings. The van der Waals surface area contributed by atoms with Gasteiger partial charge >= 0.3 is 5.97 Å². The van der Waals surface area contributed by atoms with E-state index in [1.807, 2.05) is 0 Å². The van der Waals surface area contributed by atoms with Crippen LogP contribution in [0.5, 0.6) is 0 Å². The summed E-state index contributed by atoms with van der Waals surface area (Å²) in [6.07, 6.45) is 5.35. The first-order valence-electron chi connectivity index (χ1n) is 11.1. The van der Waals surface area contributed by atoms with Crippen molar-refractivity contribution in [3.8, 4) is 0 Å². The highest BCUT2D eigenvalue weighted by atomic mass is 35.5. The third-order valence-electron chi connectivity index (χ3n) is 7.50. The number of Topliss-reactive ketones (excluding diaryl/α,β-unsaturated/α-hetero) is 1. The maximum Gasteiger partial charge on any atom is 0.338 e. The van der Waals surface area contributed by atoms with Gasteiger partial charge in [-0.3, -0.25) is 14.4 Å². The van der Waals surface area contributed by atoms with Gasteiger partial charge < -0.3 is 4.74 Å². The summed E-state index contributed by atoms with van der Waals surface area (Å²) in [7, 11) is 0. The molecule has 5 aliphatic rings. The predicted octanol–water partition coefficient (Wildman–Crippen LogP) is 3.94. The van der Waals surface area contributed by atoms with Gasteiger partial charge in [-0.25, -0.2) is 9.69 Å². The van der Waals surface area contributed by atoms with Gasteiger partial charge in [0, 0.05) is 10.6 Å². The molecular weight excluding hydrogens is 442 g/mol. The number of allylic oxidation sites excluding steroid dienone is 2. The van der Waals surface area contributed by atoms with Crippen LogP contribution in [0.1, 0.15) is 27.1 Å². The average molecular weight is 462 g/mol. The highest BCUT2D eigenvalue weighted by molar-refractivity contribution is 6.30. The molecule has 0 aromatic heterocycles. The molecule has 2 aromatic carbocycles. The molecule has 1 aliphatic heterocycles. The zero-order valence-electron chi connectivity index (χ0n) is 17.5. The van der Waals surface area contributed by atoms with Crippen LogP contribution < -0.4 is 4.90 Å². The Balaban J connectivity index is 1.18. The number of hydrogen-bond donors (Lipinski definition) is 0. The lowest BCUT2D eigenvalue weighted by molar-refractivity contribution is -0.124. The van der Waals surface area contributed by atoms with Gasteiger partial charge in [-0.1, -0.05) is 29.8 Å². The van der Waals surface area contributed by atoms with E-state index in [0.717, 1.165) is 6.42 Å². The Morgan fingerprint density at radius 2 is 1.55 bits per heavy atom. The van der Waals surface area contributed by atoms with E-state index in [1.54, 1.807) is 36.4 Å². The number of amides is 2. The molecule has 2 aromatic rings. The third-order valence-corrected chi connectivity index (χ3v) is 7.76. The van der Waals surface area contributed by atoms with Crippen molar-refractivity contribution in [1.82, 2.24) is 0 Å². The Kier molecular flexibility index (Phi) is 4.56. The molecule has 7 rings (SSSR count). The topological polar surface area (TPSA) is 80.8 Å². The van der Waals surface area contributed by atoms with Gasteiger partial charge in [0.1, 0.15) is 0 Å². The first-order chi connectivity index (χ1) is 15.9. The van der Waals surface area contributed by atoms with Gasteiger partial charge in [-0.15, -0.1) is 0 Å². The van der Waals surface area contributed by atoms with Crippen LogP contribution in [0.3, 0.4) is 0 Å². The van der Waals surface area contributed by atoms with Gasteiger partial charge in [0.2, 0.25) is 11.8 Å². The molecule has 6 atom stereocenters. The Bertz CT molecular complexity index is 1200. The van der Waals surface area contributed by atoms with Crippen molar-refractivity contribution in [2.45, 2.75) is 6.42 Å². The fourth-order valence-electron chi connectivity index (χ4n) is 5.92. The number of benzene rings is 2. The van der Waals surface area contributed by atoms with Crippen LogP contribution in [0, 0.1) is 35.5 Å². The Morgan fingerprint density at radius 1 is 0.909 bits per heavy atom. The number of ether oxygens (including phenoxy) is 1. The van der Waals surface area contributed by atoms with Crippen molar-refractivity contribution in [3.63, 3.8) is 0 Å². The van der Waals surface area contributed by atoms with Crippen LogP contribution in [-0.2, 0) is 14.3 Å². The van der Waals surface area contributed by atoms with Crippen LogP contribution in [0.2, 0.25) is 5.02 Å². The second-order valence-electron chi connectivity index (χ2n) is 9.22. The van der Waals surface area contributed by atoms with Crippen molar-refractivity contribution in [2.75, 3.05) is 11.5 Å². The largest absolute Gasteiger partial charge is 0.454 e. The standard InChI is InChI=1S/C26H20ClNO5/c27-15-6-4-13(5-7-15)21(29)12-33-26(32)14-2-1-3-16(10-14)28-24(30)22-17-8-9-18(20-11-19(17)20)23(22)25(28)31/h1-10,17-20,22-23H,11-12H2/t17-,18+,19-,20-,22+,23+/m1/s1. The lowest BCUT2D eigenvalue weighted by Gasteiger charge is -2.37. The molecule has 0 radical (unpaired) electrons. The third kappa shape index (κ3) is 3.16. The molecule has 166 valence electrons. The summed E-state index contributed by atoms with van der Waals surface area (Å²) in [5.74, 6) is -0.693. The summed E-state index contributed by atoms with van der Waals surface area (Å²) in [6, 6.07) is 12.6. The first kappa shape index (κ1) is 20.4. The smallest absolute Gasteiger partial charge is 0.338 e. The van der Waals surface area contributed by atoms with Gasteiger partial charge in [0.15, 0.2) is 12.4 Å². The molecule has 0 unspecified atom stereocenters. The number of imide groups is 1. The minimum Gasteiger partial charge on any atom is -0.454 e. The summed E-state index contributed by atoms with van der Waals surface area (Å²) in [5.41, 5.74) is 0.930. The lowest BCUT2D eigenvalue weighted by atomic mass is 9.63. The van der Waals surface area contributed by atoms with E-state index in [2.05, 4.69) is 12.2 Å². The minimum absolute atomic E-state index is 0.137. The van der Waals surface area contributed by atoms with Crippen LogP contribution in [0.25, 0.3) is 0 Å². The van der Waals surface area contributed by atoms with Crippen molar-refractivity contribution in [2.24, 2.45) is 35.5 Å². The number of ketones is 1. The van der Waals surface area contributed by atoms with E-state index in [9.17, 15) is 19.2 Å². The lowest BCUT2D eigenvalue weighted by Crippen LogP contribution is -2.40. The van der Waals surface area contributed by atoms with Gasteiger partial charge in [-0.2, -0.15) is 0 Å². The van der Waals surface area contributed by atoms with E-state index in [-0.39, 0.29) is 46.8 Å². The number of esters is 1. The molecular formula is C26H20ClNO5. The molecule has 1 heterocycles. The van der Waals surface area contributed by atoms with Crippen molar-refractivity contribution >= 4 is 40.9 Å². The quantitative estimate of drug-likeness (QED) is 0.291. The minimum atomic E-state index is -0.696. The molecule has 4 aliphatic carbocycles. The Hall–Kier alpha value is -3.25. The SMILES string of the molecule is O=C(COC(=O)c1cccc(N2C(=O)[C@H]3[C@@H]4C=C[C@@H]([C@H]5C[C@H]45)[C@@H]3C2=O)c1)c1ccc(Cl)cc1. The summed E-state index contributed by atoms with van der Waals surface area (Å²) in [6.45, 7) is -0.422. The summed E-state index contributed by atoms with van der Waals surface area (Å²) < 4.78 is 5.18. The molecule has 2 bridgehead atoms. The molecule has 0 spiro atoms. The number of carbonyl (C=O) groups is 4. The van der Waals surface area contributed by atoms with Crippen LogP contribution in [0.4, 0.5) is 5.69 Å². The van der Waals surface area contributed by atoms with Crippen LogP contribution in [0.15, 0.2) is 60.7 Å². The summed E-state index contributed by atoms with van der Waals surface area (Å²) >= 11 is 5.83. The Labute approximate surface area is 195 Å². The maximum atomic E-state index is 13.3. The normalized spacial score (nSPS) is 30.8. The number of halogens is 1. The first-order valence-corrected chi connectivity index (χ1v) is 11.4. The van der Waals surface area contributed by atoms with Gasteiger partial charge in [-0.05, 0) is 72.6 Å². The predicted molar refractivity (Wildman–Crippen MR) is 120 cm³/mol. The van der Waals surface area contributed by atoms with Crippen LogP contribution >= 0.6 is 11.6 Å². The number of rotatable bonds is 5. The molecule has 0 N–H and O–H groups in total. The zero-order valence-corrected chi connectivity index (χ0v) is 18.3. The fourth-order valence-corrected chi connectivity index (χ4v) is 6.04. The van der Waals surface area contributed by atoms with E-state index in [4.69, 9.17) is 16.3 Å². The van der Waals surface area contributed by atoms with Crippen molar-refractivity contribution in [3.05, 3.63) is 76.8 Å². The molecule has 33 heavy (non-hydrogen) atoms. The fraction of sp³-hybridized carbons (Fsp3) is 0.308. The number of hydrogen-bond acceptors (Lipinski definition) is 5. The van der Waals surface area contributed by atoms with Crippen LogP contribution in [-0.4, -0.2) is 30.2 Å². The Morgan fingerprint density at radius 3 is 2.18 bits per heavy atom. The van der Waals surface area contributed by atoms with E-state index < -0.39 is 12.6 Å². The van der Waals surface area contributed by atoms with Crippen molar-refractivity contribution < 1.29 is 23.9 Å². The highest BCUT2D eigenvalue weighted by Crippen LogP contribution is 2.65. The molecule has 1 saturated heterocycles. The second kappa shape index (κ2) is 7.39. The van der Waals surface area contributed by atoms with E-state index >= 15 is 0 Å². The zero-order chi connectivity index (χ0) is 22.9. The average Bonchev–Trinajstić information content (AvgIpc) is 3.61. The number of carbonyl (C=O) groups excluding carboxylic acids is 4. The number of anilines is 1. The molecule has 2 amide bonds. The van der Waals surface area contributed by atoms with Gasteiger partial charge in [0.25, 0.3) is 0 Å². The van der Waals surface area contributed by atoms with Crippen molar-refractivity contribution in [1.29, 1.82) is 0 Å². The highest BCUT2D eigenvalue weighted by Gasteiger charge is 2.67. The van der Waals surface area contributed by atoms with Gasteiger partial charge in [0.05, 0.1) is 23.1 Å². The molecule has 7 heteroatoms. The molecule has 2 saturated carbocycles. The summed E-state index contributed by atoms with van der Waals surface area (Å²) in [5, 5.41) is 0.507. The molecule has 6 nitrogen and oxygen atoms in total. The van der Waals surface area contributed by atoms with E-state index in [0.29, 0.717) is 28.1 Å². The maximum absolute atomic E-state index is 13.3.